The van der Waals surface area contributed by atoms with Gasteiger partial charge in [0.05, 0.1) is 26.9 Å². The van der Waals surface area contributed by atoms with Crippen LogP contribution in [0, 0.1) is 0 Å². The minimum absolute atomic E-state index is 0.0331. The van der Waals surface area contributed by atoms with Crippen molar-refractivity contribution >= 4 is 5.91 Å². The molecule has 0 saturated carbocycles. The van der Waals surface area contributed by atoms with E-state index in [0.29, 0.717) is 42.7 Å². The van der Waals surface area contributed by atoms with Crippen molar-refractivity contribution in [3.05, 3.63) is 82.9 Å². The van der Waals surface area contributed by atoms with Crippen LogP contribution in [-0.2, 0) is 6.42 Å². The molecule has 0 aliphatic carbocycles. The number of unbranched alkanes of at least 4 members (excludes halogenated alkanes) is 1. The molecular formula is C32H39NO5. The number of fused-ring (bicyclic) bond motifs is 1. The molecule has 0 spiro atoms. The number of carbonyl (C=O) groups excluding carboxylic acids is 1. The highest BCUT2D eigenvalue weighted by atomic mass is 16.5. The molecular weight excluding hydrogens is 478 g/mol. The fourth-order valence-corrected chi connectivity index (χ4v) is 4.77. The summed E-state index contributed by atoms with van der Waals surface area (Å²) >= 11 is 0. The monoisotopic (exact) mass is 517 g/mol. The van der Waals surface area contributed by atoms with Gasteiger partial charge in [-0.05, 0) is 84.0 Å². The predicted molar refractivity (Wildman–Crippen MR) is 150 cm³/mol. The van der Waals surface area contributed by atoms with Crippen molar-refractivity contribution in [2.45, 2.75) is 52.0 Å². The van der Waals surface area contributed by atoms with Crippen molar-refractivity contribution in [2.24, 2.45) is 0 Å². The zero-order valence-electron chi connectivity index (χ0n) is 23.2. The Morgan fingerprint density at radius 3 is 2.18 bits per heavy atom. The Bertz CT molecular complexity index is 1200. The normalized spacial score (nSPS) is 14.7. The molecule has 3 aromatic carbocycles. The molecule has 4 rings (SSSR count). The summed E-state index contributed by atoms with van der Waals surface area (Å²) in [6, 6.07) is 19.3. The molecule has 6 nitrogen and oxygen atoms in total. The summed E-state index contributed by atoms with van der Waals surface area (Å²) in [6.07, 6.45) is 2.80. The third-order valence-electron chi connectivity index (χ3n) is 7.09. The van der Waals surface area contributed by atoms with Gasteiger partial charge in [-0.15, -0.1) is 0 Å². The van der Waals surface area contributed by atoms with E-state index in [1.165, 1.54) is 5.56 Å². The van der Waals surface area contributed by atoms with Gasteiger partial charge in [-0.3, -0.25) is 4.79 Å². The molecule has 0 fully saturated rings. The number of carbonyl (C=O) groups is 1. The predicted octanol–water partition coefficient (Wildman–Crippen LogP) is 6.82. The van der Waals surface area contributed by atoms with E-state index in [2.05, 4.69) is 32.9 Å². The SMILES string of the molecule is CCCCOc1ccc(C(=O)N2CCc3cc(OC)c(OC)cc3C2COc2ccc(C(C)C)cc2)cc1. The van der Waals surface area contributed by atoms with Crippen LogP contribution >= 0.6 is 0 Å². The number of rotatable bonds is 11. The maximum Gasteiger partial charge on any atom is 0.254 e. The fourth-order valence-electron chi connectivity index (χ4n) is 4.77. The highest BCUT2D eigenvalue weighted by Gasteiger charge is 2.33. The largest absolute Gasteiger partial charge is 0.494 e. The minimum atomic E-state index is -0.281. The highest BCUT2D eigenvalue weighted by molar-refractivity contribution is 5.95. The van der Waals surface area contributed by atoms with E-state index in [-0.39, 0.29) is 11.9 Å². The first kappa shape index (κ1) is 27.4. The molecule has 0 bridgehead atoms. The molecule has 0 aromatic heterocycles. The van der Waals surface area contributed by atoms with E-state index in [1.807, 2.05) is 53.4 Å². The zero-order chi connectivity index (χ0) is 27.1. The van der Waals surface area contributed by atoms with E-state index in [9.17, 15) is 4.79 Å². The Morgan fingerprint density at radius 2 is 1.55 bits per heavy atom. The van der Waals surface area contributed by atoms with Gasteiger partial charge in [0.15, 0.2) is 11.5 Å². The van der Waals surface area contributed by atoms with E-state index in [4.69, 9.17) is 18.9 Å². The molecule has 38 heavy (non-hydrogen) atoms. The van der Waals surface area contributed by atoms with Crippen LogP contribution < -0.4 is 18.9 Å². The molecule has 0 N–H and O–H groups in total. The van der Waals surface area contributed by atoms with Gasteiger partial charge in [0.1, 0.15) is 18.1 Å². The number of benzene rings is 3. The van der Waals surface area contributed by atoms with Gasteiger partial charge in [0.25, 0.3) is 5.91 Å². The summed E-state index contributed by atoms with van der Waals surface area (Å²) in [7, 11) is 3.27. The number of nitrogens with zero attached hydrogens (tertiary/aromatic N) is 1. The summed E-state index contributed by atoms with van der Waals surface area (Å²) in [5.41, 5.74) is 4.04. The van der Waals surface area contributed by atoms with Crippen LogP contribution in [0.2, 0.25) is 0 Å². The van der Waals surface area contributed by atoms with Gasteiger partial charge in [0.2, 0.25) is 0 Å². The molecule has 1 aliphatic heterocycles. The van der Waals surface area contributed by atoms with Crippen LogP contribution in [0.1, 0.15) is 72.6 Å². The molecule has 0 saturated heterocycles. The number of amides is 1. The summed E-state index contributed by atoms with van der Waals surface area (Å²) in [6.45, 7) is 8.06. The van der Waals surface area contributed by atoms with Crippen LogP contribution in [0.15, 0.2) is 60.7 Å². The Kier molecular flexibility index (Phi) is 9.16. The van der Waals surface area contributed by atoms with Crippen molar-refractivity contribution in [3.8, 4) is 23.0 Å². The topological polar surface area (TPSA) is 57.2 Å². The van der Waals surface area contributed by atoms with Gasteiger partial charge in [0, 0.05) is 12.1 Å². The molecule has 1 heterocycles. The first-order valence-electron chi connectivity index (χ1n) is 13.5. The van der Waals surface area contributed by atoms with E-state index >= 15 is 0 Å². The Hall–Kier alpha value is -3.67. The van der Waals surface area contributed by atoms with Gasteiger partial charge in [-0.2, -0.15) is 0 Å². The van der Waals surface area contributed by atoms with Crippen LogP contribution in [-0.4, -0.2) is 44.8 Å². The van der Waals surface area contributed by atoms with Crippen molar-refractivity contribution in [1.82, 2.24) is 4.90 Å². The summed E-state index contributed by atoms with van der Waals surface area (Å²) in [5.74, 6) is 3.31. The quantitative estimate of drug-likeness (QED) is 0.261. The highest BCUT2D eigenvalue weighted by Crippen LogP contribution is 2.39. The third-order valence-corrected chi connectivity index (χ3v) is 7.09. The zero-order valence-corrected chi connectivity index (χ0v) is 23.2. The average molecular weight is 518 g/mol. The number of hydrogen-bond donors (Lipinski definition) is 0. The molecule has 1 aliphatic rings. The Labute approximate surface area is 226 Å². The first-order chi connectivity index (χ1) is 18.4. The molecule has 6 heteroatoms. The Morgan fingerprint density at radius 1 is 0.921 bits per heavy atom. The minimum Gasteiger partial charge on any atom is -0.494 e. The van der Waals surface area contributed by atoms with Crippen LogP contribution in [0.4, 0.5) is 0 Å². The summed E-state index contributed by atoms with van der Waals surface area (Å²) < 4.78 is 23.2. The van der Waals surface area contributed by atoms with Gasteiger partial charge in [-0.1, -0.05) is 39.3 Å². The molecule has 3 aromatic rings. The van der Waals surface area contributed by atoms with Gasteiger partial charge in [-0.25, -0.2) is 0 Å². The number of hydrogen-bond acceptors (Lipinski definition) is 5. The van der Waals surface area contributed by atoms with Gasteiger partial charge < -0.3 is 23.8 Å². The summed E-state index contributed by atoms with van der Waals surface area (Å²) in [4.78, 5) is 15.7. The molecule has 1 unspecified atom stereocenters. The first-order valence-corrected chi connectivity index (χ1v) is 13.5. The van der Waals surface area contributed by atoms with Crippen LogP contribution in [0.25, 0.3) is 0 Å². The lowest BCUT2D eigenvalue weighted by Gasteiger charge is -2.37. The molecule has 1 atom stereocenters. The van der Waals surface area contributed by atoms with Crippen molar-refractivity contribution < 1.29 is 23.7 Å². The van der Waals surface area contributed by atoms with Gasteiger partial charge >= 0.3 is 0 Å². The van der Waals surface area contributed by atoms with Crippen molar-refractivity contribution in [3.63, 3.8) is 0 Å². The lowest BCUT2D eigenvalue weighted by molar-refractivity contribution is 0.0589. The van der Waals surface area contributed by atoms with Crippen molar-refractivity contribution in [2.75, 3.05) is 34.0 Å². The molecule has 202 valence electrons. The maximum atomic E-state index is 13.8. The average Bonchev–Trinajstić information content (AvgIpc) is 2.95. The second-order valence-corrected chi connectivity index (χ2v) is 9.93. The van der Waals surface area contributed by atoms with Crippen LogP contribution in [0.3, 0.4) is 0 Å². The van der Waals surface area contributed by atoms with E-state index in [1.54, 1.807) is 14.2 Å². The standard InChI is InChI=1S/C32H39NO5/c1-6-7-18-37-26-14-10-24(11-15-26)32(34)33-17-16-25-19-30(35-4)31(36-5)20-28(25)29(33)21-38-27-12-8-23(9-13-27)22(2)3/h8-15,19-20,22,29H,6-7,16-18,21H2,1-5H3. The van der Waals surface area contributed by atoms with Crippen molar-refractivity contribution in [1.29, 1.82) is 0 Å². The lowest BCUT2D eigenvalue weighted by atomic mass is 9.91. The molecule has 1 amide bonds. The fraction of sp³-hybridized carbons (Fsp3) is 0.406. The lowest BCUT2D eigenvalue weighted by Crippen LogP contribution is -2.42. The van der Waals surface area contributed by atoms with E-state index in [0.717, 1.165) is 41.9 Å². The maximum absolute atomic E-state index is 13.8. The second kappa shape index (κ2) is 12.7. The number of methoxy groups -OCH3 is 2. The smallest absolute Gasteiger partial charge is 0.254 e. The Balaban J connectivity index is 1.60. The second-order valence-electron chi connectivity index (χ2n) is 9.93. The van der Waals surface area contributed by atoms with Crippen LogP contribution in [0.5, 0.6) is 23.0 Å². The van der Waals surface area contributed by atoms with E-state index < -0.39 is 0 Å². The number of ether oxygens (including phenoxy) is 4. The third kappa shape index (κ3) is 6.24. The summed E-state index contributed by atoms with van der Waals surface area (Å²) in [5, 5.41) is 0. The molecule has 0 radical (unpaired) electrons.